The molecule has 0 spiro atoms. The van der Waals surface area contributed by atoms with Gasteiger partial charge in [0, 0.05) is 22.7 Å². The maximum atomic E-state index is 13.9. The van der Waals surface area contributed by atoms with Crippen LogP contribution in [0.4, 0.5) is 0 Å². The Labute approximate surface area is 300 Å². The monoisotopic (exact) mass is 735 g/mol. The van der Waals surface area contributed by atoms with Gasteiger partial charge in [0.05, 0.1) is 10.9 Å². The molecule has 1 fully saturated rings. The van der Waals surface area contributed by atoms with Crippen molar-refractivity contribution in [2.24, 2.45) is 11.8 Å². The summed E-state index contributed by atoms with van der Waals surface area (Å²) in [7, 11) is -4.17. The number of halogens is 1. The van der Waals surface area contributed by atoms with Gasteiger partial charge in [-0.3, -0.25) is 24.0 Å². The Bertz CT molecular complexity index is 2030. The van der Waals surface area contributed by atoms with Gasteiger partial charge >= 0.3 is 0 Å². The smallest absolute Gasteiger partial charge is 0.266 e. The minimum absolute atomic E-state index is 0.0132. The lowest BCUT2D eigenvalue weighted by atomic mass is 9.98. The molecule has 1 aromatic heterocycles. The molecular formula is C36H38ClN5O8S. The second kappa shape index (κ2) is 15.4. The number of rotatable bonds is 12. The number of benzene rings is 3. The average molecular weight is 736 g/mol. The van der Waals surface area contributed by atoms with Crippen LogP contribution in [-0.4, -0.2) is 72.4 Å². The van der Waals surface area contributed by atoms with Crippen LogP contribution in [0.3, 0.4) is 0 Å². The van der Waals surface area contributed by atoms with Crippen molar-refractivity contribution >= 4 is 62.1 Å². The highest BCUT2D eigenvalue weighted by Gasteiger charge is 2.40. The van der Waals surface area contributed by atoms with Gasteiger partial charge in [-0.2, -0.15) is 0 Å². The van der Waals surface area contributed by atoms with Gasteiger partial charge in [0.2, 0.25) is 17.6 Å². The molecule has 13 nitrogen and oxygen atoms in total. The molecule has 4 amide bonds. The highest BCUT2D eigenvalue weighted by atomic mass is 35.5. The van der Waals surface area contributed by atoms with Crippen LogP contribution in [-0.2, 0) is 19.6 Å². The number of carbonyl (C=O) groups excluding carboxylic acids is 5. The summed E-state index contributed by atoms with van der Waals surface area (Å²) < 4.78 is 32.8. The second-order valence-corrected chi connectivity index (χ2v) is 15.1. The summed E-state index contributed by atoms with van der Waals surface area (Å²) in [5.41, 5.74) is 1.08. The molecule has 1 aliphatic rings. The summed E-state index contributed by atoms with van der Waals surface area (Å²) in [6.07, 6.45) is 0.917. The van der Waals surface area contributed by atoms with Crippen LogP contribution in [0.25, 0.3) is 11.1 Å². The van der Waals surface area contributed by atoms with Crippen molar-refractivity contribution in [2.75, 3.05) is 6.54 Å². The van der Waals surface area contributed by atoms with Gasteiger partial charge in [-0.15, -0.1) is 0 Å². The molecule has 4 aromatic rings. The molecule has 0 radical (unpaired) electrons. The quantitative estimate of drug-likeness (QED) is 0.178. The number of nitrogens with one attached hydrogen (secondary N) is 3. The third-order valence-corrected chi connectivity index (χ3v) is 10.2. The van der Waals surface area contributed by atoms with Crippen molar-refractivity contribution in [1.29, 1.82) is 0 Å². The Kier molecular flexibility index (Phi) is 11.3. The van der Waals surface area contributed by atoms with Crippen LogP contribution in [0.5, 0.6) is 0 Å². The van der Waals surface area contributed by atoms with Gasteiger partial charge in [0.15, 0.2) is 5.58 Å². The number of fused-ring (bicyclic) bond motifs is 1. The number of hydrogen-bond donors (Lipinski definition) is 3. The van der Waals surface area contributed by atoms with E-state index in [-0.39, 0.29) is 40.3 Å². The molecule has 2 heterocycles. The summed E-state index contributed by atoms with van der Waals surface area (Å²) in [5.74, 6) is -3.73. The van der Waals surface area contributed by atoms with Crippen LogP contribution in [0.1, 0.15) is 71.9 Å². The highest BCUT2D eigenvalue weighted by molar-refractivity contribution is 7.90. The summed E-state index contributed by atoms with van der Waals surface area (Å²) in [6.45, 7) is 7.38. The van der Waals surface area contributed by atoms with E-state index in [4.69, 9.17) is 16.0 Å². The van der Waals surface area contributed by atoms with E-state index in [0.29, 0.717) is 29.0 Å². The number of amides is 4. The van der Waals surface area contributed by atoms with Gasteiger partial charge in [-0.1, -0.05) is 51.4 Å². The van der Waals surface area contributed by atoms with Gasteiger partial charge in [-0.05, 0) is 85.3 Å². The zero-order valence-corrected chi connectivity index (χ0v) is 30.0. The Morgan fingerprint density at radius 1 is 0.824 bits per heavy atom. The molecule has 3 N–H and O–H groups in total. The second-order valence-electron chi connectivity index (χ2n) is 12.9. The Morgan fingerprint density at radius 2 is 1.43 bits per heavy atom. The molecule has 268 valence electrons. The van der Waals surface area contributed by atoms with Crippen LogP contribution in [0.15, 0.2) is 82.1 Å². The van der Waals surface area contributed by atoms with Crippen molar-refractivity contribution in [3.05, 3.63) is 94.8 Å². The van der Waals surface area contributed by atoms with E-state index in [2.05, 4.69) is 15.6 Å². The predicted molar refractivity (Wildman–Crippen MR) is 188 cm³/mol. The molecule has 15 heteroatoms. The van der Waals surface area contributed by atoms with E-state index in [1.54, 1.807) is 52.0 Å². The summed E-state index contributed by atoms with van der Waals surface area (Å²) in [4.78, 5) is 72.5. The number of ketones is 1. The van der Waals surface area contributed by atoms with E-state index in [1.807, 2.05) is 4.72 Å². The molecule has 0 aliphatic carbocycles. The highest BCUT2D eigenvalue weighted by Crippen LogP contribution is 2.23. The Balaban J connectivity index is 1.23. The lowest BCUT2D eigenvalue weighted by Gasteiger charge is -2.31. The lowest BCUT2D eigenvalue weighted by molar-refractivity contribution is -0.140. The van der Waals surface area contributed by atoms with Crippen LogP contribution >= 0.6 is 11.6 Å². The van der Waals surface area contributed by atoms with Crippen LogP contribution in [0.2, 0.25) is 5.02 Å². The fourth-order valence-electron chi connectivity index (χ4n) is 5.74. The lowest BCUT2D eigenvalue weighted by Crippen LogP contribution is -2.57. The maximum absolute atomic E-state index is 13.9. The largest absolute Gasteiger partial charge is 0.434 e. The number of Topliss-reactive ketones (excluding diaryl/α,β-unsaturated/α-hetero) is 1. The number of carbonyl (C=O) groups is 5. The van der Waals surface area contributed by atoms with Gasteiger partial charge in [0.1, 0.15) is 17.6 Å². The van der Waals surface area contributed by atoms with Crippen molar-refractivity contribution in [1.82, 2.24) is 25.2 Å². The minimum atomic E-state index is -4.17. The fourth-order valence-corrected chi connectivity index (χ4v) is 6.84. The van der Waals surface area contributed by atoms with Crippen LogP contribution in [0, 0.1) is 11.8 Å². The zero-order valence-electron chi connectivity index (χ0n) is 28.4. The molecule has 0 bridgehead atoms. The summed E-state index contributed by atoms with van der Waals surface area (Å²) >= 11 is 5.82. The van der Waals surface area contributed by atoms with Crippen LogP contribution < -0.4 is 15.4 Å². The first-order valence-corrected chi connectivity index (χ1v) is 18.3. The molecule has 1 aliphatic heterocycles. The van der Waals surface area contributed by atoms with E-state index in [9.17, 15) is 32.4 Å². The number of likely N-dealkylation sites (tertiary alicyclic amines) is 1. The predicted octanol–water partition coefficient (Wildman–Crippen LogP) is 4.37. The third kappa shape index (κ3) is 8.46. The first kappa shape index (κ1) is 37.2. The van der Waals surface area contributed by atoms with Gasteiger partial charge in [-0.25, -0.2) is 18.1 Å². The SMILES string of the molecule is CC(C)C(NC(=O)[C@@H]1CCCN1C(=O)[C@@H](NC(=O)c1ccc(C(=O)NS(=O)(=O)c2ccc(Cl)cc2)cc1)C(C)C)C(=O)c1nc2ccccc2o1. The number of oxazole rings is 1. The molecule has 1 saturated heterocycles. The fraction of sp³-hybridized carbons (Fsp3) is 0.333. The van der Waals surface area contributed by atoms with E-state index in [0.717, 1.165) is 0 Å². The van der Waals surface area contributed by atoms with E-state index >= 15 is 0 Å². The Morgan fingerprint density at radius 3 is 2.04 bits per heavy atom. The number of hydrogen-bond acceptors (Lipinski definition) is 9. The van der Waals surface area contributed by atoms with Crippen molar-refractivity contribution in [3.63, 3.8) is 0 Å². The number of sulfonamides is 1. The minimum Gasteiger partial charge on any atom is -0.434 e. The van der Waals surface area contributed by atoms with E-state index < -0.39 is 57.6 Å². The first-order chi connectivity index (χ1) is 24.2. The summed E-state index contributed by atoms with van der Waals surface area (Å²) in [6, 6.07) is 14.7. The van der Waals surface area contributed by atoms with E-state index in [1.165, 1.54) is 53.4 Å². The number of nitrogens with zero attached hydrogens (tertiary/aromatic N) is 2. The Hall–Kier alpha value is -5.08. The molecule has 0 saturated carbocycles. The van der Waals surface area contributed by atoms with Crippen molar-refractivity contribution in [2.45, 2.75) is 63.6 Å². The molecule has 3 atom stereocenters. The third-order valence-electron chi connectivity index (χ3n) is 8.57. The standard InChI is InChI=1S/C36H38ClN5O8S/c1-20(2)29(31(43)35-38-26-8-5-6-10-28(26)50-35)39-34(46)27-9-7-19-42(27)36(47)30(21(3)4)40-32(44)22-11-13-23(14-12-22)33(45)41-51(48,49)25-17-15-24(37)16-18-25/h5-6,8,10-18,20-21,27,29-30H,7,9,19H2,1-4H3,(H,39,46)(H,40,44)(H,41,45)/t27-,29?,30-/m0/s1. The first-order valence-electron chi connectivity index (χ1n) is 16.4. The van der Waals surface area contributed by atoms with Gasteiger partial charge < -0.3 is 20.0 Å². The molecular weight excluding hydrogens is 698 g/mol. The maximum Gasteiger partial charge on any atom is 0.266 e. The molecule has 1 unspecified atom stereocenters. The molecule has 3 aromatic carbocycles. The number of para-hydroxylation sites is 2. The zero-order chi connectivity index (χ0) is 37.0. The molecule has 51 heavy (non-hydrogen) atoms. The normalized spacial score (nSPS) is 15.8. The summed E-state index contributed by atoms with van der Waals surface area (Å²) in [5, 5.41) is 5.90. The van der Waals surface area contributed by atoms with Crippen molar-refractivity contribution < 1.29 is 36.8 Å². The molecule has 5 rings (SSSR count). The topological polar surface area (TPSA) is 185 Å². The van der Waals surface area contributed by atoms with Gasteiger partial charge in [0.25, 0.3) is 27.7 Å². The number of aromatic nitrogens is 1. The van der Waals surface area contributed by atoms with Crippen molar-refractivity contribution in [3.8, 4) is 0 Å². The average Bonchev–Trinajstić information content (AvgIpc) is 3.77.